The zero-order valence-corrected chi connectivity index (χ0v) is 12.7. The van der Waals surface area contributed by atoms with Crippen LogP contribution in [0.15, 0.2) is 22.7 Å². The molecule has 1 saturated carbocycles. The first kappa shape index (κ1) is 14.8. The Labute approximate surface area is 125 Å². The van der Waals surface area contributed by atoms with Crippen molar-refractivity contribution in [1.82, 2.24) is 5.32 Å². The van der Waals surface area contributed by atoms with Crippen molar-refractivity contribution in [3.05, 3.63) is 28.2 Å². The number of aromatic carboxylic acids is 1. The maximum atomic E-state index is 11.9. The van der Waals surface area contributed by atoms with Gasteiger partial charge in [0.1, 0.15) is 0 Å². The van der Waals surface area contributed by atoms with Gasteiger partial charge in [0.25, 0.3) is 0 Å². The van der Waals surface area contributed by atoms with Gasteiger partial charge in [0.05, 0.1) is 11.3 Å². The van der Waals surface area contributed by atoms with Crippen LogP contribution in [0.25, 0.3) is 0 Å². The highest BCUT2D eigenvalue weighted by Crippen LogP contribution is 2.25. The van der Waals surface area contributed by atoms with E-state index in [4.69, 9.17) is 5.11 Å². The van der Waals surface area contributed by atoms with Crippen LogP contribution in [0.2, 0.25) is 0 Å². The van der Waals surface area contributed by atoms with Crippen molar-refractivity contribution < 1.29 is 14.7 Å². The second kappa shape index (κ2) is 6.26. The minimum atomic E-state index is -1.07. The van der Waals surface area contributed by atoms with E-state index in [2.05, 4.69) is 33.5 Å². The molecule has 0 radical (unpaired) electrons. The molecule has 2 atom stereocenters. The Morgan fingerprint density at radius 2 is 2.10 bits per heavy atom. The van der Waals surface area contributed by atoms with E-state index < -0.39 is 5.97 Å². The molecule has 1 aromatic rings. The van der Waals surface area contributed by atoms with E-state index >= 15 is 0 Å². The van der Waals surface area contributed by atoms with Crippen molar-refractivity contribution in [3.8, 4) is 0 Å². The van der Waals surface area contributed by atoms with Crippen molar-refractivity contribution in [2.45, 2.75) is 32.2 Å². The van der Waals surface area contributed by atoms with E-state index in [1.807, 2.05) is 0 Å². The molecule has 2 rings (SSSR count). The molecule has 3 N–H and O–H groups in total. The Bertz CT molecular complexity index is 533. The summed E-state index contributed by atoms with van der Waals surface area (Å²) in [5.74, 6) is -0.442. The molecule has 1 aromatic carbocycles. The molecule has 20 heavy (non-hydrogen) atoms. The lowest BCUT2D eigenvalue weighted by Crippen LogP contribution is -2.36. The molecule has 0 spiro atoms. The molecular weight excluding hydrogens is 324 g/mol. The highest BCUT2D eigenvalue weighted by molar-refractivity contribution is 9.10. The lowest BCUT2D eigenvalue weighted by Gasteiger charge is -2.14. The number of benzene rings is 1. The van der Waals surface area contributed by atoms with Gasteiger partial charge in [0.2, 0.25) is 0 Å². The zero-order valence-electron chi connectivity index (χ0n) is 11.1. The number of anilines is 1. The minimum Gasteiger partial charge on any atom is -0.478 e. The fourth-order valence-corrected chi connectivity index (χ4v) is 2.85. The highest BCUT2D eigenvalue weighted by atomic mass is 79.9. The third-order valence-corrected chi connectivity index (χ3v) is 3.98. The van der Waals surface area contributed by atoms with E-state index in [1.165, 1.54) is 6.07 Å². The standard InChI is InChI=1S/C14H17BrN2O3/c1-8-2-4-10(6-8)16-14(20)17-12-7-9(15)3-5-11(12)13(18)19/h3,5,7-8,10H,2,4,6H2,1H3,(H,18,19)(H2,16,17,20). The van der Waals surface area contributed by atoms with Crippen LogP contribution in [-0.4, -0.2) is 23.1 Å². The van der Waals surface area contributed by atoms with E-state index in [-0.39, 0.29) is 23.3 Å². The van der Waals surface area contributed by atoms with Gasteiger partial charge in [0.15, 0.2) is 0 Å². The molecule has 0 aromatic heterocycles. The second-order valence-corrected chi connectivity index (χ2v) is 6.12. The smallest absolute Gasteiger partial charge is 0.337 e. The molecule has 0 aliphatic heterocycles. The summed E-state index contributed by atoms with van der Waals surface area (Å²) in [4.78, 5) is 23.0. The summed E-state index contributed by atoms with van der Waals surface area (Å²) < 4.78 is 0.715. The minimum absolute atomic E-state index is 0.0724. The van der Waals surface area contributed by atoms with Gasteiger partial charge in [0, 0.05) is 10.5 Å². The van der Waals surface area contributed by atoms with E-state index in [0.29, 0.717) is 10.4 Å². The molecule has 0 bridgehead atoms. The molecule has 0 saturated heterocycles. The fourth-order valence-electron chi connectivity index (χ4n) is 2.49. The fraction of sp³-hybridized carbons (Fsp3) is 0.429. The maximum absolute atomic E-state index is 11.9. The Balaban J connectivity index is 2.03. The van der Waals surface area contributed by atoms with Crippen LogP contribution in [0.1, 0.15) is 36.5 Å². The molecule has 108 valence electrons. The Morgan fingerprint density at radius 1 is 1.35 bits per heavy atom. The Hall–Kier alpha value is -1.56. The number of carbonyl (C=O) groups is 2. The molecule has 6 heteroatoms. The maximum Gasteiger partial charge on any atom is 0.337 e. The SMILES string of the molecule is CC1CCC(NC(=O)Nc2cc(Br)ccc2C(=O)O)C1. The van der Waals surface area contributed by atoms with Gasteiger partial charge in [-0.3, -0.25) is 0 Å². The van der Waals surface area contributed by atoms with Crippen molar-refractivity contribution in [3.63, 3.8) is 0 Å². The number of urea groups is 1. The van der Waals surface area contributed by atoms with Crippen LogP contribution in [-0.2, 0) is 0 Å². The summed E-state index contributed by atoms with van der Waals surface area (Å²) in [7, 11) is 0. The van der Waals surface area contributed by atoms with Gasteiger partial charge in [-0.2, -0.15) is 0 Å². The number of halogens is 1. The van der Waals surface area contributed by atoms with Crippen LogP contribution < -0.4 is 10.6 Å². The first-order valence-corrected chi connectivity index (χ1v) is 7.35. The average molecular weight is 341 g/mol. The van der Waals surface area contributed by atoms with Gasteiger partial charge >= 0.3 is 12.0 Å². The number of hydrogen-bond acceptors (Lipinski definition) is 2. The molecule has 2 unspecified atom stereocenters. The molecule has 1 aliphatic carbocycles. The monoisotopic (exact) mass is 340 g/mol. The predicted molar refractivity (Wildman–Crippen MR) is 80.1 cm³/mol. The van der Waals surface area contributed by atoms with Crippen LogP contribution in [0.4, 0.5) is 10.5 Å². The third kappa shape index (κ3) is 3.72. The van der Waals surface area contributed by atoms with Crippen LogP contribution in [0.5, 0.6) is 0 Å². The van der Waals surface area contributed by atoms with Crippen LogP contribution in [0, 0.1) is 5.92 Å². The summed E-state index contributed by atoms with van der Waals surface area (Å²) in [5.41, 5.74) is 0.360. The summed E-state index contributed by atoms with van der Waals surface area (Å²) in [6.45, 7) is 2.16. The molecule has 5 nitrogen and oxygen atoms in total. The number of carbonyl (C=O) groups excluding carboxylic acids is 1. The lowest BCUT2D eigenvalue weighted by molar-refractivity contribution is 0.0698. The number of rotatable bonds is 3. The molecule has 2 amide bonds. The topological polar surface area (TPSA) is 78.4 Å². The molecule has 1 aliphatic rings. The normalized spacial score (nSPS) is 21.5. The number of nitrogens with one attached hydrogen (secondary N) is 2. The van der Waals surface area contributed by atoms with E-state index in [1.54, 1.807) is 12.1 Å². The number of carboxylic acid groups (broad SMARTS) is 1. The lowest BCUT2D eigenvalue weighted by atomic mass is 10.1. The van der Waals surface area contributed by atoms with Gasteiger partial charge in [-0.25, -0.2) is 9.59 Å². The molecule has 0 heterocycles. The highest BCUT2D eigenvalue weighted by Gasteiger charge is 2.23. The molecular formula is C14H17BrN2O3. The summed E-state index contributed by atoms with van der Waals surface area (Å²) >= 11 is 3.27. The van der Waals surface area contributed by atoms with E-state index in [9.17, 15) is 9.59 Å². The van der Waals surface area contributed by atoms with Crippen LogP contribution >= 0.6 is 15.9 Å². The van der Waals surface area contributed by atoms with Crippen molar-refractivity contribution in [1.29, 1.82) is 0 Å². The Morgan fingerprint density at radius 3 is 2.70 bits per heavy atom. The summed E-state index contributed by atoms with van der Waals surface area (Å²) in [6.07, 6.45) is 3.05. The largest absolute Gasteiger partial charge is 0.478 e. The number of hydrogen-bond donors (Lipinski definition) is 3. The third-order valence-electron chi connectivity index (χ3n) is 3.49. The average Bonchev–Trinajstić information content (AvgIpc) is 2.74. The number of amides is 2. The van der Waals surface area contributed by atoms with Gasteiger partial charge in [-0.1, -0.05) is 22.9 Å². The Kier molecular flexibility index (Phi) is 4.65. The second-order valence-electron chi connectivity index (χ2n) is 5.21. The predicted octanol–water partition coefficient (Wildman–Crippen LogP) is 3.46. The van der Waals surface area contributed by atoms with Crippen molar-refractivity contribution >= 4 is 33.6 Å². The van der Waals surface area contributed by atoms with Crippen molar-refractivity contribution in [2.75, 3.05) is 5.32 Å². The van der Waals surface area contributed by atoms with Crippen LogP contribution in [0.3, 0.4) is 0 Å². The van der Waals surface area contributed by atoms with Gasteiger partial charge < -0.3 is 15.7 Å². The number of carboxylic acids is 1. The first-order valence-electron chi connectivity index (χ1n) is 6.56. The van der Waals surface area contributed by atoms with Crippen molar-refractivity contribution in [2.24, 2.45) is 5.92 Å². The quantitative estimate of drug-likeness (QED) is 0.788. The van der Waals surface area contributed by atoms with Gasteiger partial charge in [-0.15, -0.1) is 0 Å². The van der Waals surface area contributed by atoms with Gasteiger partial charge in [-0.05, 0) is 43.4 Å². The summed E-state index contributed by atoms with van der Waals surface area (Å²) in [6, 6.07) is 4.49. The first-order chi connectivity index (χ1) is 9.45. The van der Waals surface area contributed by atoms with E-state index in [0.717, 1.165) is 19.3 Å². The molecule has 1 fully saturated rings. The zero-order chi connectivity index (χ0) is 14.7. The summed E-state index contributed by atoms with van der Waals surface area (Å²) in [5, 5.41) is 14.6.